The zero-order valence-corrected chi connectivity index (χ0v) is 18.5. The Morgan fingerprint density at radius 1 is 1.33 bits per heavy atom. The van der Waals surface area contributed by atoms with Crippen LogP contribution in [-0.2, 0) is 4.79 Å². The molecular weight excluding hydrogens is 475 g/mol. The Morgan fingerprint density at radius 3 is 2.57 bits per heavy atom. The van der Waals surface area contributed by atoms with Gasteiger partial charge in [-0.1, -0.05) is 35.0 Å². The van der Waals surface area contributed by atoms with Gasteiger partial charge in [-0.05, 0) is 12.8 Å². The van der Waals surface area contributed by atoms with Gasteiger partial charge >= 0.3 is 0 Å². The molecule has 3 rings (SSSR count). The number of aliphatic hydroxyl groups is 1. The molecule has 3 heterocycles. The van der Waals surface area contributed by atoms with E-state index in [1.54, 1.807) is 4.90 Å². The van der Waals surface area contributed by atoms with Crippen molar-refractivity contribution in [3.8, 4) is 0 Å². The number of carbonyl (C=O) groups is 2. The first-order valence-corrected chi connectivity index (χ1v) is 11.1. The molecule has 0 radical (unpaired) electrons. The number of nitrogens with one attached hydrogen (secondary N) is 1. The van der Waals surface area contributed by atoms with Crippen molar-refractivity contribution in [1.82, 2.24) is 15.2 Å². The third-order valence-corrected chi connectivity index (χ3v) is 7.58. The van der Waals surface area contributed by atoms with E-state index in [1.807, 2.05) is 0 Å². The number of nitro groups is 1. The predicted octanol–water partition coefficient (Wildman–Crippen LogP) is 3.22. The zero-order chi connectivity index (χ0) is 21.8. The number of pyridine rings is 1. The molecule has 0 aromatic carbocycles. The minimum atomic E-state index is -0.594. The highest BCUT2D eigenvalue weighted by atomic mass is 35.5. The Kier molecular flexibility index (Phi) is 7.53. The van der Waals surface area contributed by atoms with Crippen LogP contribution in [0, 0.1) is 10.1 Å². The zero-order valence-electron chi connectivity index (χ0n) is 15.3. The maximum Gasteiger partial charge on any atom is 0.294 e. The summed E-state index contributed by atoms with van der Waals surface area (Å²) in [7, 11) is 0. The maximum absolute atomic E-state index is 12.5. The fourth-order valence-electron chi connectivity index (χ4n) is 2.74. The molecule has 13 heteroatoms. The smallest absolute Gasteiger partial charge is 0.294 e. The van der Waals surface area contributed by atoms with Crippen LogP contribution in [0.4, 0.5) is 5.69 Å². The minimum absolute atomic E-state index is 0.0902. The van der Waals surface area contributed by atoms with Crippen molar-refractivity contribution >= 4 is 63.8 Å². The molecule has 1 aliphatic rings. The number of aliphatic hydroxyl groups excluding tert-OH is 1. The maximum atomic E-state index is 12.5. The molecule has 0 atom stereocenters. The number of aromatic nitrogens is 1. The summed E-state index contributed by atoms with van der Waals surface area (Å²) in [5.74, 6) is -0.862. The van der Waals surface area contributed by atoms with Crippen LogP contribution in [0.25, 0.3) is 0 Å². The van der Waals surface area contributed by atoms with Gasteiger partial charge in [-0.25, -0.2) is 0 Å². The molecule has 2 N–H and O–H groups in total. The van der Waals surface area contributed by atoms with Gasteiger partial charge in [0.25, 0.3) is 11.6 Å². The lowest BCUT2D eigenvalue weighted by Crippen LogP contribution is -2.44. The SMILES string of the molecule is O=C(NCC(=O)N1CCC(O)CC1)c1cc([N+](=O)[O-])c(Sc2c(Cl)cncc2Cl)s1. The fraction of sp³-hybridized carbons (Fsp3) is 0.353. The summed E-state index contributed by atoms with van der Waals surface area (Å²) in [5.41, 5.74) is -0.254. The summed E-state index contributed by atoms with van der Waals surface area (Å²) in [4.78, 5) is 41.4. The summed E-state index contributed by atoms with van der Waals surface area (Å²) in [6.45, 7) is 0.619. The van der Waals surface area contributed by atoms with Gasteiger partial charge in [0.15, 0.2) is 0 Å². The molecule has 2 aromatic rings. The van der Waals surface area contributed by atoms with Crippen molar-refractivity contribution in [2.24, 2.45) is 0 Å². The van der Waals surface area contributed by atoms with Crippen molar-refractivity contribution in [1.29, 1.82) is 0 Å². The second-order valence-corrected chi connectivity index (χ2v) is 9.52. The molecule has 0 saturated carbocycles. The third kappa shape index (κ3) is 5.41. The fourth-order valence-corrected chi connectivity index (χ4v) is 5.52. The number of hydrogen-bond acceptors (Lipinski definition) is 8. The normalized spacial score (nSPS) is 14.6. The Hall–Kier alpha value is -1.92. The minimum Gasteiger partial charge on any atom is -0.393 e. The van der Waals surface area contributed by atoms with Crippen molar-refractivity contribution < 1.29 is 19.6 Å². The van der Waals surface area contributed by atoms with Crippen LogP contribution in [0.15, 0.2) is 27.6 Å². The highest BCUT2D eigenvalue weighted by molar-refractivity contribution is 8.01. The second kappa shape index (κ2) is 9.92. The van der Waals surface area contributed by atoms with E-state index in [2.05, 4.69) is 10.3 Å². The number of nitrogens with zero attached hydrogens (tertiary/aromatic N) is 3. The molecule has 2 aromatic heterocycles. The molecule has 2 amide bonds. The van der Waals surface area contributed by atoms with Crippen LogP contribution >= 0.6 is 46.3 Å². The molecule has 1 aliphatic heterocycles. The van der Waals surface area contributed by atoms with E-state index in [1.165, 1.54) is 12.4 Å². The lowest BCUT2D eigenvalue weighted by Gasteiger charge is -2.29. The first-order chi connectivity index (χ1) is 14.3. The number of rotatable bonds is 6. The number of likely N-dealkylation sites (tertiary alicyclic amines) is 1. The predicted molar refractivity (Wildman–Crippen MR) is 114 cm³/mol. The van der Waals surface area contributed by atoms with E-state index in [-0.39, 0.29) is 37.3 Å². The Bertz CT molecular complexity index is 959. The number of piperidine rings is 1. The molecule has 0 spiro atoms. The topological polar surface area (TPSA) is 126 Å². The van der Waals surface area contributed by atoms with E-state index in [0.717, 1.165) is 29.2 Å². The molecule has 1 fully saturated rings. The Labute approximate surface area is 189 Å². The van der Waals surface area contributed by atoms with E-state index < -0.39 is 16.9 Å². The summed E-state index contributed by atoms with van der Waals surface area (Å²) >= 11 is 14.0. The van der Waals surface area contributed by atoms with Gasteiger partial charge in [0.2, 0.25) is 5.91 Å². The van der Waals surface area contributed by atoms with E-state index >= 15 is 0 Å². The van der Waals surface area contributed by atoms with E-state index in [9.17, 15) is 24.8 Å². The highest BCUT2D eigenvalue weighted by Crippen LogP contribution is 2.45. The first-order valence-electron chi connectivity index (χ1n) is 8.75. The quantitative estimate of drug-likeness (QED) is 0.470. The van der Waals surface area contributed by atoms with Crippen LogP contribution in [-0.4, -0.2) is 57.5 Å². The van der Waals surface area contributed by atoms with Crippen LogP contribution in [0.5, 0.6) is 0 Å². The van der Waals surface area contributed by atoms with Gasteiger partial charge < -0.3 is 15.3 Å². The standard InChI is InChI=1S/C17H16Cl2N4O5S2/c18-10-6-20-7-11(19)15(10)30-17-12(23(27)28)5-13(29-17)16(26)21-8-14(25)22-3-1-9(24)2-4-22/h5-7,9,24H,1-4,8H2,(H,21,26). The number of carbonyl (C=O) groups excluding carboxylic acids is 2. The molecule has 9 nitrogen and oxygen atoms in total. The highest BCUT2D eigenvalue weighted by Gasteiger charge is 2.26. The average molecular weight is 491 g/mol. The van der Waals surface area contributed by atoms with Crippen molar-refractivity contribution in [2.45, 2.75) is 28.1 Å². The van der Waals surface area contributed by atoms with E-state index in [0.29, 0.717) is 30.8 Å². The Morgan fingerprint density at radius 2 is 1.97 bits per heavy atom. The van der Waals surface area contributed by atoms with Crippen LogP contribution in [0.3, 0.4) is 0 Å². The molecule has 0 unspecified atom stereocenters. The summed E-state index contributed by atoms with van der Waals surface area (Å²) in [5, 5.41) is 23.9. The van der Waals surface area contributed by atoms with Crippen LogP contribution < -0.4 is 5.32 Å². The number of thiophene rings is 1. The van der Waals surface area contributed by atoms with Gasteiger partial charge in [-0.2, -0.15) is 0 Å². The molecular formula is C17H16Cl2N4O5S2. The summed E-state index contributed by atoms with van der Waals surface area (Å²) in [6.07, 6.45) is 3.32. The van der Waals surface area contributed by atoms with Crippen molar-refractivity contribution in [3.63, 3.8) is 0 Å². The van der Waals surface area contributed by atoms with Crippen LogP contribution in [0.2, 0.25) is 10.0 Å². The largest absolute Gasteiger partial charge is 0.393 e. The first kappa shape index (κ1) is 22.8. The van der Waals surface area contributed by atoms with Gasteiger partial charge in [0.1, 0.15) is 9.09 Å². The van der Waals surface area contributed by atoms with Gasteiger partial charge in [-0.3, -0.25) is 24.7 Å². The molecule has 1 saturated heterocycles. The summed E-state index contributed by atoms with van der Waals surface area (Å²) in [6, 6.07) is 1.16. The molecule has 30 heavy (non-hydrogen) atoms. The average Bonchev–Trinajstić information content (AvgIpc) is 3.14. The third-order valence-electron chi connectivity index (χ3n) is 4.32. The summed E-state index contributed by atoms with van der Waals surface area (Å²) < 4.78 is 0.233. The number of amides is 2. The monoisotopic (exact) mass is 490 g/mol. The van der Waals surface area contributed by atoms with Crippen molar-refractivity contribution in [2.75, 3.05) is 19.6 Å². The van der Waals surface area contributed by atoms with Crippen LogP contribution in [0.1, 0.15) is 22.5 Å². The van der Waals surface area contributed by atoms with E-state index in [4.69, 9.17) is 23.2 Å². The lowest BCUT2D eigenvalue weighted by atomic mass is 10.1. The van der Waals surface area contributed by atoms with Gasteiger partial charge in [0, 0.05) is 31.5 Å². The lowest BCUT2D eigenvalue weighted by molar-refractivity contribution is -0.387. The second-order valence-electron chi connectivity index (χ2n) is 6.37. The Balaban J connectivity index is 1.70. The van der Waals surface area contributed by atoms with Gasteiger partial charge in [-0.15, -0.1) is 11.3 Å². The molecule has 0 aliphatic carbocycles. The van der Waals surface area contributed by atoms with Gasteiger partial charge in [0.05, 0.1) is 32.5 Å². The molecule has 0 bridgehead atoms. The molecule has 160 valence electrons. The number of halogens is 2. The van der Waals surface area contributed by atoms with Crippen molar-refractivity contribution in [3.05, 3.63) is 43.5 Å². The number of hydrogen-bond donors (Lipinski definition) is 2.